The predicted octanol–water partition coefficient (Wildman–Crippen LogP) is 3.26. The monoisotopic (exact) mass is 305 g/mol. The maximum atomic E-state index is 12.0. The van der Waals surface area contributed by atoms with Gasteiger partial charge in [0.25, 0.3) is 0 Å². The van der Waals surface area contributed by atoms with E-state index in [9.17, 15) is 4.79 Å². The molecule has 23 heavy (non-hydrogen) atoms. The van der Waals surface area contributed by atoms with Gasteiger partial charge in [-0.1, -0.05) is 36.4 Å². The molecular formula is C19H19N3O. The molecule has 0 fully saturated rings. The summed E-state index contributed by atoms with van der Waals surface area (Å²) in [7, 11) is 1.92. The molecule has 0 saturated carbocycles. The van der Waals surface area contributed by atoms with Crippen LogP contribution >= 0.6 is 0 Å². The lowest BCUT2D eigenvalue weighted by Crippen LogP contribution is -2.22. The molecule has 1 aromatic heterocycles. The average Bonchev–Trinajstić information content (AvgIpc) is 2.97. The van der Waals surface area contributed by atoms with Gasteiger partial charge in [-0.25, -0.2) is 5.43 Å². The highest BCUT2D eigenvalue weighted by atomic mass is 16.2. The van der Waals surface area contributed by atoms with E-state index < -0.39 is 0 Å². The summed E-state index contributed by atoms with van der Waals surface area (Å²) in [5, 5.41) is 6.57. The molecule has 2 aromatic carbocycles. The van der Waals surface area contributed by atoms with Gasteiger partial charge in [0.15, 0.2) is 0 Å². The Labute approximate surface area is 135 Å². The fourth-order valence-corrected chi connectivity index (χ4v) is 2.51. The number of rotatable bonds is 4. The van der Waals surface area contributed by atoms with Crippen molar-refractivity contribution in [1.82, 2.24) is 9.99 Å². The quantitative estimate of drug-likeness (QED) is 0.583. The minimum atomic E-state index is -0.119. The van der Waals surface area contributed by atoms with Crippen molar-refractivity contribution in [3.63, 3.8) is 0 Å². The molecule has 0 unspecified atom stereocenters. The Hall–Kier alpha value is -2.88. The van der Waals surface area contributed by atoms with Crippen molar-refractivity contribution in [2.45, 2.75) is 13.3 Å². The SMILES string of the molecule is CC(=NNC(=O)Cc1cccn1C)c1ccc2ccccc2c1. The topological polar surface area (TPSA) is 46.4 Å². The van der Waals surface area contributed by atoms with Crippen molar-refractivity contribution in [3.05, 3.63) is 72.1 Å². The molecule has 0 radical (unpaired) electrons. The van der Waals surface area contributed by atoms with Crippen molar-refractivity contribution in [3.8, 4) is 0 Å². The highest BCUT2D eigenvalue weighted by Gasteiger charge is 2.06. The first-order valence-corrected chi connectivity index (χ1v) is 7.56. The fourth-order valence-electron chi connectivity index (χ4n) is 2.51. The lowest BCUT2D eigenvalue weighted by atomic mass is 10.0. The van der Waals surface area contributed by atoms with Crippen LogP contribution in [0.3, 0.4) is 0 Å². The number of hydrogen-bond donors (Lipinski definition) is 1. The number of hydrogen-bond acceptors (Lipinski definition) is 2. The number of benzene rings is 2. The van der Waals surface area contributed by atoms with Crippen LogP contribution in [-0.2, 0) is 18.3 Å². The van der Waals surface area contributed by atoms with E-state index in [0.29, 0.717) is 6.42 Å². The largest absolute Gasteiger partial charge is 0.354 e. The molecule has 0 aliphatic heterocycles. The summed E-state index contributed by atoms with van der Waals surface area (Å²) in [4.78, 5) is 12.0. The number of amides is 1. The molecule has 4 nitrogen and oxygen atoms in total. The second-order valence-corrected chi connectivity index (χ2v) is 5.58. The first kappa shape index (κ1) is 15.0. The van der Waals surface area contributed by atoms with Gasteiger partial charge in [-0.15, -0.1) is 0 Å². The van der Waals surface area contributed by atoms with E-state index in [1.54, 1.807) is 0 Å². The van der Waals surface area contributed by atoms with Gasteiger partial charge in [0.2, 0.25) is 5.91 Å². The van der Waals surface area contributed by atoms with E-state index in [4.69, 9.17) is 0 Å². The predicted molar refractivity (Wildman–Crippen MR) is 93.4 cm³/mol. The third kappa shape index (κ3) is 3.48. The lowest BCUT2D eigenvalue weighted by molar-refractivity contribution is -0.120. The number of carbonyl (C=O) groups is 1. The summed E-state index contributed by atoms with van der Waals surface area (Å²) in [5.74, 6) is -0.119. The fraction of sp³-hybridized carbons (Fsp3) is 0.158. The van der Waals surface area contributed by atoms with E-state index in [2.05, 4.69) is 34.8 Å². The van der Waals surface area contributed by atoms with Gasteiger partial charge in [-0.05, 0) is 41.5 Å². The Kier molecular flexibility index (Phi) is 4.24. The number of fused-ring (bicyclic) bond motifs is 1. The zero-order valence-corrected chi connectivity index (χ0v) is 13.3. The smallest absolute Gasteiger partial charge is 0.246 e. The zero-order valence-electron chi connectivity index (χ0n) is 13.3. The van der Waals surface area contributed by atoms with Crippen LogP contribution in [0.25, 0.3) is 10.8 Å². The van der Waals surface area contributed by atoms with Crippen LogP contribution in [0.4, 0.5) is 0 Å². The van der Waals surface area contributed by atoms with Gasteiger partial charge in [-0.2, -0.15) is 5.10 Å². The Morgan fingerprint density at radius 3 is 2.61 bits per heavy atom. The average molecular weight is 305 g/mol. The molecule has 0 aliphatic rings. The van der Waals surface area contributed by atoms with Crippen molar-refractivity contribution in [2.75, 3.05) is 0 Å². The van der Waals surface area contributed by atoms with Crippen molar-refractivity contribution in [1.29, 1.82) is 0 Å². The van der Waals surface area contributed by atoms with Crippen LogP contribution in [-0.4, -0.2) is 16.2 Å². The van der Waals surface area contributed by atoms with Gasteiger partial charge in [0.1, 0.15) is 0 Å². The number of carbonyl (C=O) groups excluding carboxylic acids is 1. The summed E-state index contributed by atoms with van der Waals surface area (Å²) in [6, 6.07) is 18.2. The maximum absolute atomic E-state index is 12.0. The van der Waals surface area contributed by atoms with Gasteiger partial charge >= 0.3 is 0 Å². The standard InChI is InChI=1S/C19H19N3O/c1-14(16-10-9-15-6-3-4-7-17(15)12-16)20-21-19(23)13-18-8-5-11-22(18)2/h3-12H,13H2,1-2H3,(H,21,23). The Bertz CT molecular complexity index is 877. The molecule has 4 heteroatoms. The van der Waals surface area contributed by atoms with Crippen LogP contribution in [0.1, 0.15) is 18.2 Å². The summed E-state index contributed by atoms with van der Waals surface area (Å²) >= 11 is 0. The number of aromatic nitrogens is 1. The Morgan fingerprint density at radius 1 is 1.09 bits per heavy atom. The molecule has 1 heterocycles. The summed E-state index contributed by atoms with van der Waals surface area (Å²) in [5.41, 5.74) is 5.38. The number of aryl methyl sites for hydroxylation is 1. The van der Waals surface area contributed by atoms with Gasteiger partial charge in [-0.3, -0.25) is 4.79 Å². The van der Waals surface area contributed by atoms with Crippen LogP contribution in [0.15, 0.2) is 65.9 Å². The van der Waals surface area contributed by atoms with Crippen LogP contribution in [0.2, 0.25) is 0 Å². The molecular weight excluding hydrogens is 286 g/mol. The normalized spacial score (nSPS) is 11.7. The molecule has 1 amide bonds. The van der Waals surface area contributed by atoms with E-state index in [-0.39, 0.29) is 5.91 Å². The lowest BCUT2D eigenvalue weighted by Gasteiger charge is -2.05. The first-order chi connectivity index (χ1) is 11.1. The van der Waals surface area contributed by atoms with E-state index in [1.807, 2.05) is 55.1 Å². The van der Waals surface area contributed by atoms with Crippen molar-refractivity contribution >= 4 is 22.4 Å². The van der Waals surface area contributed by atoms with Gasteiger partial charge in [0.05, 0.1) is 12.1 Å². The van der Waals surface area contributed by atoms with Gasteiger partial charge < -0.3 is 4.57 Å². The van der Waals surface area contributed by atoms with Crippen molar-refractivity contribution < 1.29 is 4.79 Å². The second-order valence-electron chi connectivity index (χ2n) is 5.58. The van der Waals surface area contributed by atoms with E-state index in [0.717, 1.165) is 22.4 Å². The molecule has 3 rings (SSSR count). The minimum absolute atomic E-state index is 0.119. The highest BCUT2D eigenvalue weighted by molar-refractivity contribution is 6.02. The Balaban J connectivity index is 1.71. The zero-order chi connectivity index (χ0) is 16.2. The first-order valence-electron chi connectivity index (χ1n) is 7.56. The molecule has 0 bridgehead atoms. The molecule has 0 aliphatic carbocycles. The third-order valence-corrected chi connectivity index (χ3v) is 3.91. The van der Waals surface area contributed by atoms with Crippen molar-refractivity contribution in [2.24, 2.45) is 12.1 Å². The number of hydrazone groups is 1. The summed E-state index contributed by atoms with van der Waals surface area (Å²) < 4.78 is 1.93. The van der Waals surface area contributed by atoms with Gasteiger partial charge in [0, 0.05) is 18.9 Å². The molecule has 0 atom stereocenters. The molecule has 0 spiro atoms. The maximum Gasteiger partial charge on any atom is 0.246 e. The van der Waals surface area contributed by atoms with Crippen LogP contribution in [0, 0.1) is 0 Å². The number of nitrogens with one attached hydrogen (secondary N) is 1. The molecule has 3 aromatic rings. The summed E-state index contributed by atoms with van der Waals surface area (Å²) in [6.45, 7) is 1.90. The third-order valence-electron chi connectivity index (χ3n) is 3.91. The Morgan fingerprint density at radius 2 is 1.87 bits per heavy atom. The van der Waals surface area contributed by atoms with E-state index in [1.165, 1.54) is 5.39 Å². The van der Waals surface area contributed by atoms with Crippen LogP contribution in [0.5, 0.6) is 0 Å². The number of nitrogens with zero attached hydrogens (tertiary/aromatic N) is 2. The minimum Gasteiger partial charge on any atom is -0.354 e. The molecule has 116 valence electrons. The second kappa shape index (κ2) is 6.48. The summed E-state index contributed by atoms with van der Waals surface area (Å²) in [6.07, 6.45) is 2.24. The highest BCUT2D eigenvalue weighted by Crippen LogP contribution is 2.16. The molecule has 0 saturated heterocycles. The van der Waals surface area contributed by atoms with E-state index >= 15 is 0 Å². The molecule has 1 N–H and O–H groups in total. The van der Waals surface area contributed by atoms with Crippen LogP contribution < -0.4 is 5.43 Å².